The molecule has 26 heavy (non-hydrogen) atoms. The van der Waals surface area contributed by atoms with Crippen molar-refractivity contribution >= 4 is 10.1 Å². The van der Waals surface area contributed by atoms with E-state index in [0.717, 1.165) is 18.4 Å². The van der Waals surface area contributed by atoms with Gasteiger partial charge in [0.15, 0.2) is 11.5 Å². The maximum absolute atomic E-state index is 11.1. The number of aromatic hydroxyl groups is 1. The lowest BCUT2D eigenvalue weighted by atomic mass is 10.0. The molecule has 0 bridgehead atoms. The van der Waals surface area contributed by atoms with E-state index >= 15 is 0 Å². The first kappa shape index (κ1) is 20.3. The predicted octanol–water partition coefficient (Wildman–Crippen LogP) is 5.33. The average molecular weight is 378 g/mol. The van der Waals surface area contributed by atoms with Crippen LogP contribution in [-0.4, -0.2) is 18.1 Å². The summed E-state index contributed by atoms with van der Waals surface area (Å²) < 4.78 is 36.8. The highest BCUT2D eigenvalue weighted by Crippen LogP contribution is 2.32. The number of hydrogen-bond donors (Lipinski definition) is 2. The molecule has 0 aromatic heterocycles. The van der Waals surface area contributed by atoms with Crippen molar-refractivity contribution in [2.24, 2.45) is 0 Å². The first-order valence-corrected chi connectivity index (χ1v) is 10.4. The molecule has 0 spiro atoms. The molecular formula is C20H26O5S. The second kappa shape index (κ2) is 9.59. The van der Waals surface area contributed by atoms with Gasteiger partial charge in [-0.2, -0.15) is 8.42 Å². The van der Waals surface area contributed by atoms with Gasteiger partial charge in [-0.15, -0.1) is 0 Å². The number of phenolic OH excluding ortho intramolecular Hbond substituents is 1. The molecule has 0 fully saturated rings. The largest absolute Gasteiger partial charge is 0.504 e. The molecular weight excluding hydrogens is 352 g/mol. The van der Waals surface area contributed by atoms with Gasteiger partial charge in [0.05, 0.1) is 4.90 Å². The molecule has 0 heterocycles. The lowest BCUT2D eigenvalue weighted by molar-refractivity contribution is 0.410. The molecule has 0 radical (unpaired) electrons. The van der Waals surface area contributed by atoms with Crippen LogP contribution in [0.25, 0.3) is 0 Å². The lowest BCUT2D eigenvalue weighted by Gasteiger charge is -2.10. The number of phenols is 1. The van der Waals surface area contributed by atoms with Gasteiger partial charge >= 0.3 is 0 Å². The van der Waals surface area contributed by atoms with Crippen LogP contribution < -0.4 is 4.74 Å². The average Bonchev–Trinajstić information content (AvgIpc) is 2.60. The summed E-state index contributed by atoms with van der Waals surface area (Å²) in [5, 5.41) is 9.99. The van der Waals surface area contributed by atoms with Crippen LogP contribution in [0.1, 0.15) is 51.0 Å². The van der Waals surface area contributed by atoms with Gasteiger partial charge in [-0.25, -0.2) is 0 Å². The number of rotatable bonds is 10. The van der Waals surface area contributed by atoms with Crippen molar-refractivity contribution in [3.8, 4) is 17.2 Å². The minimum absolute atomic E-state index is 0.0237. The minimum atomic E-state index is -4.23. The second-order valence-electron chi connectivity index (χ2n) is 6.37. The molecule has 0 saturated carbocycles. The standard InChI is InChI=1S/C20H26O5S/c1-2-3-4-5-6-7-8-16-9-14-19(21)20(15-16)25-17-10-12-18(13-11-17)26(22,23)24/h9-15,21H,2-8H2,1H3,(H,22,23,24). The summed E-state index contributed by atoms with van der Waals surface area (Å²) >= 11 is 0. The molecule has 0 saturated heterocycles. The van der Waals surface area contributed by atoms with Crippen molar-refractivity contribution in [3.05, 3.63) is 48.0 Å². The summed E-state index contributed by atoms with van der Waals surface area (Å²) in [4.78, 5) is -0.203. The van der Waals surface area contributed by atoms with Crippen LogP contribution in [0.5, 0.6) is 17.2 Å². The molecule has 142 valence electrons. The number of hydrogen-bond acceptors (Lipinski definition) is 4. The quantitative estimate of drug-likeness (QED) is 0.431. The summed E-state index contributed by atoms with van der Waals surface area (Å²) in [5.41, 5.74) is 1.09. The smallest absolute Gasteiger partial charge is 0.294 e. The van der Waals surface area contributed by atoms with Gasteiger partial charge in [-0.05, 0) is 54.8 Å². The first-order valence-electron chi connectivity index (χ1n) is 8.97. The van der Waals surface area contributed by atoms with Crippen molar-refractivity contribution in [1.82, 2.24) is 0 Å². The predicted molar refractivity (Wildman–Crippen MR) is 102 cm³/mol. The Labute approximate surface area is 155 Å². The van der Waals surface area contributed by atoms with E-state index in [4.69, 9.17) is 9.29 Å². The number of benzene rings is 2. The van der Waals surface area contributed by atoms with Crippen LogP contribution >= 0.6 is 0 Å². The monoisotopic (exact) mass is 378 g/mol. The fourth-order valence-electron chi connectivity index (χ4n) is 2.71. The van der Waals surface area contributed by atoms with E-state index in [1.165, 1.54) is 56.4 Å². The fraction of sp³-hybridized carbons (Fsp3) is 0.400. The molecule has 0 amide bonds. The maximum atomic E-state index is 11.1. The molecule has 5 nitrogen and oxygen atoms in total. The van der Waals surface area contributed by atoms with E-state index in [-0.39, 0.29) is 10.6 Å². The summed E-state index contributed by atoms with van der Waals surface area (Å²) in [6.07, 6.45) is 8.25. The van der Waals surface area contributed by atoms with Crippen LogP contribution in [0, 0.1) is 0 Å². The third-order valence-electron chi connectivity index (χ3n) is 4.19. The Kier molecular flexibility index (Phi) is 7.48. The van der Waals surface area contributed by atoms with Crippen molar-refractivity contribution < 1.29 is 22.8 Å². The van der Waals surface area contributed by atoms with Gasteiger partial charge in [-0.3, -0.25) is 4.55 Å². The molecule has 0 atom stereocenters. The highest BCUT2D eigenvalue weighted by atomic mass is 32.2. The summed E-state index contributed by atoms with van der Waals surface area (Å²) in [6, 6.07) is 10.7. The van der Waals surface area contributed by atoms with Crippen molar-refractivity contribution in [2.45, 2.75) is 56.8 Å². The van der Waals surface area contributed by atoms with Gasteiger partial charge in [0.25, 0.3) is 10.1 Å². The van der Waals surface area contributed by atoms with E-state index < -0.39 is 10.1 Å². The van der Waals surface area contributed by atoms with Crippen LogP contribution in [0.3, 0.4) is 0 Å². The molecule has 2 aromatic rings. The van der Waals surface area contributed by atoms with Crippen LogP contribution in [-0.2, 0) is 16.5 Å². The molecule has 2 N–H and O–H groups in total. The van der Waals surface area contributed by atoms with Crippen LogP contribution in [0.2, 0.25) is 0 Å². The highest BCUT2D eigenvalue weighted by Gasteiger charge is 2.10. The molecule has 0 unspecified atom stereocenters. The number of unbranched alkanes of at least 4 members (excludes halogenated alkanes) is 5. The Morgan fingerprint density at radius 3 is 2.23 bits per heavy atom. The van der Waals surface area contributed by atoms with Gasteiger partial charge in [0, 0.05) is 0 Å². The van der Waals surface area contributed by atoms with Gasteiger partial charge in [0.2, 0.25) is 0 Å². The summed E-state index contributed by atoms with van der Waals surface area (Å²) in [6.45, 7) is 2.20. The Balaban J connectivity index is 1.96. The fourth-order valence-corrected chi connectivity index (χ4v) is 3.19. The Hall–Kier alpha value is -2.05. The Morgan fingerprint density at radius 1 is 0.923 bits per heavy atom. The van der Waals surface area contributed by atoms with E-state index in [1.54, 1.807) is 12.1 Å². The Bertz CT molecular complexity index is 797. The number of aryl methyl sites for hydroxylation is 1. The molecule has 6 heteroatoms. The van der Waals surface area contributed by atoms with E-state index in [0.29, 0.717) is 11.5 Å². The van der Waals surface area contributed by atoms with E-state index in [9.17, 15) is 13.5 Å². The first-order chi connectivity index (χ1) is 12.4. The SMILES string of the molecule is CCCCCCCCc1ccc(O)c(Oc2ccc(S(=O)(=O)O)cc2)c1. The topological polar surface area (TPSA) is 83.8 Å². The van der Waals surface area contributed by atoms with E-state index in [1.807, 2.05) is 6.07 Å². The minimum Gasteiger partial charge on any atom is -0.504 e. The molecule has 0 aliphatic carbocycles. The zero-order chi connectivity index (χ0) is 19.0. The van der Waals surface area contributed by atoms with Crippen molar-refractivity contribution in [1.29, 1.82) is 0 Å². The van der Waals surface area contributed by atoms with Crippen molar-refractivity contribution in [2.75, 3.05) is 0 Å². The molecule has 0 aliphatic rings. The van der Waals surface area contributed by atoms with Gasteiger partial charge in [0.1, 0.15) is 5.75 Å². The Morgan fingerprint density at radius 2 is 1.58 bits per heavy atom. The normalized spacial score (nSPS) is 11.5. The summed E-state index contributed by atoms with van der Waals surface area (Å²) in [7, 11) is -4.23. The molecule has 2 rings (SSSR count). The van der Waals surface area contributed by atoms with Gasteiger partial charge in [-0.1, -0.05) is 45.1 Å². The zero-order valence-corrected chi connectivity index (χ0v) is 15.8. The lowest BCUT2D eigenvalue weighted by Crippen LogP contribution is -1.97. The second-order valence-corrected chi connectivity index (χ2v) is 7.79. The highest BCUT2D eigenvalue weighted by molar-refractivity contribution is 7.85. The van der Waals surface area contributed by atoms with Crippen LogP contribution in [0.4, 0.5) is 0 Å². The molecule has 2 aromatic carbocycles. The van der Waals surface area contributed by atoms with E-state index in [2.05, 4.69) is 6.92 Å². The maximum Gasteiger partial charge on any atom is 0.294 e. The third-order valence-corrected chi connectivity index (χ3v) is 5.06. The zero-order valence-electron chi connectivity index (χ0n) is 15.0. The summed E-state index contributed by atoms with van der Waals surface area (Å²) in [5.74, 6) is 0.730. The number of ether oxygens (including phenoxy) is 1. The third kappa shape index (κ3) is 6.35. The van der Waals surface area contributed by atoms with Crippen molar-refractivity contribution in [3.63, 3.8) is 0 Å². The van der Waals surface area contributed by atoms with Crippen LogP contribution in [0.15, 0.2) is 47.4 Å². The van der Waals surface area contributed by atoms with Gasteiger partial charge < -0.3 is 9.84 Å². The molecule has 0 aliphatic heterocycles.